The lowest BCUT2D eigenvalue weighted by Gasteiger charge is -2.07. The van der Waals surface area contributed by atoms with Gasteiger partial charge in [0, 0.05) is 11.6 Å². The molecule has 0 amide bonds. The fraction of sp³-hybridized carbons (Fsp3) is 0. The maximum atomic E-state index is 12.1. The van der Waals surface area contributed by atoms with Gasteiger partial charge in [-0.05, 0) is 24.3 Å². The molecule has 1 heterocycles. The molecule has 3 nitrogen and oxygen atoms in total. The number of aromatic nitrogens is 1. The third-order valence-corrected chi connectivity index (χ3v) is 3.22. The lowest BCUT2D eigenvalue weighted by Crippen LogP contribution is -2.09. The molecule has 0 spiro atoms. The quantitative estimate of drug-likeness (QED) is 0.525. The van der Waals surface area contributed by atoms with Gasteiger partial charge in [0.05, 0.1) is 10.6 Å². The highest BCUT2D eigenvalue weighted by Crippen LogP contribution is 2.25. The summed E-state index contributed by atoms with van der Waals surface area (Å²) in [5, 5.41) is 1.28. The van der Waals surface area contributed by atoms with Crippen molar-refractivity contribution in [2.24, 2.45) is 0 Å². The molecule has 1 aromatic heterocycles. The largest absolute Gasteiger partial charge is 0.421 e. The van der Waals surface area contributed by atoms with Crippen LogP contribution in [0.4, 0.5) is 0 Å². The number of pyridine rings is 1. The average molecular weight is 284 g/mol. The summed E-state index contributed by atoms with van der Waals surface area (Å²) in [6, 6.07) is 16.0. The van der Waals surface area contributed by atoms with E-state index in [1.165, 1.54) is 0 Å². The van der Waals surface area contributed by atoms with Crippen LogP contribution in [0.2, 0.25) is 5.02 Å². The summed E-state index contributed by atoms with van der Waals surface area (Å²) in [6.45, 7) is 0. The van der Waals surface area contributed by atoms with E-state index in [1.54, 1.807) is 36.5 Å². The molecular weight excluding hydrogens is 274 g/mol. The van der Waals surface area contributed by atoms with Crippen LogP contribution in [0.1, 0.15) is 10.4 Å². The Morgan fingerprint density at radius 3 is 2.65 bits per heavy atom. The second-order valence-electron chi connectivity index (χ2n) is 4.20. The minimum atomic E-state index is -0.492. The predicted molar refractivity (Wildman–Crippen MR) is 78.2 cm³/mol. The van der Waals surface area contributed by atoms with Crippen LogP contribution >= 0.6 is 11.6 Å². The number of para-hydroxylation sites is 1. The van der Waals surface area contributed by atoms with Crippen molar-refractivity contribution >= 4 is 28.5 Å². The average Bonchev–Trinajstić information content (AvgIpc) is 2.48. The van der Waals surface area contributed by atoms with Gasteiger partial charge in [0.2, 0.25) is 0 Å². The second kappa shape index (κ2) is 5.31. The van der Waals surface area contributed by atoms with E-state index in [-0.39, 0.29) is 0 Å². The SMILES string of the molecule is O=C(Oc1cccc2cccnc12)c1ccccc1Cl. The van der Waals surface area contributed by atoms with Gasteiger partial charge in [-0.2, -0.15) is 0 Å². The Hall–Kier alpha value is -2.39. The van der Waals surface area contributed by atoms with Crippen molar-refractivity contribution in [3.8, 4) is 5.75 Å². The number of carbonyl (C=O) groups excluding carboxylic acids is 1. The van der Waals surface area contributed by atoms with Gasteiger partial charge in [-0.1, -0.05) is 41.9 Å². The van der Waals surface area contributed by atoms with Crippen LogP contribution in [0.3, 0.4) is 0 Å². The number of halogens is 1. The van der Waals surface area contributed by atoms with E-state index in [9.17, 15) is 4.79 Å². The number of hydrogen-bond acceptors (Lipinski definition) is 3. The van der Waals surface area contributed by atoms with Crippen LogP contribution in [-0.2, 0) is 0 Å². The van der Waals surface area contributed by atoms with Crippen molar-refractivity contribution in [2.45, 2.75) is 0 Å². The maximum absolute atomic E-state index is 12.1. The molecule has 0 N–H and O–H groups in total. The molecule has 98 valence electrons. The van der Waals surface area contributed by atoms with E-state index in [1.807, 2.05) is 24.3 Å². The zero-order chi connectivity index (χ0) is 13.9. The lowest BCUT2D eigenvalue weighted by atomic mass is 10.2. The molecule has 0 atom stereocenters. The standard InChI is InChI=1S/C16H10ClNO2/c17-13-8-2-1-7-12(13)16(19)20-14-9-3-5-11-6-4-10-18-15(11)14/h1-10H. The number of esters is 1. The topological polar surface area (TPSA) is 39.2 Å². The fourth-order valence-electron chi connectivity index (χ4n) is 1.94. The molecule has 0 aliphatic carbocycles. The summed E-state index contributed by atoms with van der Waals surface area (Å²) in [5.74, 6) is -0.0678. The predicted octanol–water partition coefficient (Wildman–Crippen LogP) is 4.11. The summed E-state index contributed by atoms with van der Waals surface area (Å²) in [5.41, 5.74) is 0.984. The van der Waals surface area contributed by atoms with Gasteiger partial charge in [-0.3, -0.25) is 4.98 Å². The third-order valence-electron chi connectivity index (χ3n) is 2.89. The number of rotatable bonds is 2. The number of benzene rings is 2. The first-order valence-electron chi connectivity index (χ1n) is 6.06. The van der Waals surface area contributed by atoms with E-state index in [0.29, 0.717) is 21.9 Å². The highest BCUT2D eigenvalue weighted by molar-refractivity contribution is 6.33. The molecular formula is C16H10ClNO2. The number of carbonyl (C=O) groups is 1. The first kappa shape index (κ1) is 12.6. The smallest absolute Gasteiger partial charge is 0.345 e. The van der Waals surface area contributed by atoms with Crippen LogP contribution in [-0.4, -0.2) is 11.0 Å². The summed E-state index contributed by atoms with van der Waals surface area (Å²) >= 11 is 5.99. The highest BCUT2D eigenvalue weighted by atomic mass is 35.5. The number of fused-ring (bicyclic) bond motifs is 1. The Kier molecular flexibility index (Phi) is 3.35. The van der Waals surface area contributed by atoms with Gasteiger partial charge in [0.15, 0.2) is 5.75 Å². The zero-order valence-electron chi connectivity index (χ0n) is 10.4. The van der Waals surface area contributed by atoms with Crippen LogP contribution in [0.25, 0.3) is 10.9 Å². The van der Waals surface area contributed by atoms with Crippen LogP contribution in [0.15, 0.2) is 60.8 Å². The molecule has 20 heavy (non-hydrogen) atoms. The molecule has 3 aromatic rings. The summed E-state index contributed by atoms with van der Waals surface area (Å²) in [4.78, 5) is 16.4. The Labute approximate surface area is 120 Å². The van der Waals surface area contributed by atoms with Gasteiger partial charge < -0.3 is 4.74 Å². The highest BCUT2D eigenvalue weighted by Gasteiger charge is 2.13. The number of ether oxygens (including phenoxy) is 1. The van der Waals surface area contributed by atoms with Crippen LogP contribution < -0.4 is 4.74 Å². The van der Waals surface area contributed by atoms with Gasteiger partial charge >= 0.3 is 5.97 Å². The van der Waals surface area contributed by atoms with Gasteiger partial charge in [0.1, 0.15) is 5.52 Å². The second-order valence-corrected chi connectivity index (χ2v) is 4.61. The van der Waals surface area contributed by atoms with Crippen LogP contribution in [0, 0.1) is 0 Å². The maximum Gasteiger partial charge on any atom is 0.345 e. The van der Waals surface area contributed by atoms with Gasteiger partial charge in [0.25, 0.3) is 0 Å². The fourth-order valence-corrected chi connectivity index (χ4v) is 2.15. The summed E-state index contributed by atoms with van der Waals surface area (Å²) < 4.78 is 5.41. The van der Waals surface area contributed by atoms with Crippen molar-refractivity contribution in [3.05, 3.63) is 71.4 Å². The molecule has 0 bridgehead atoms. The third kappa shape index (κ3) is 2.36. The molecule has 0 aliphatic rings. The van der Waals surface area contributed by atoms with E-state index in [4.69, 9.17) is 16.3 Å². The van der Waals surface area contributed by atoms with Crippen LogP contribution in [0.5, 0.6) is 5.75 Å². The van der Waals surface area contributed by atoms with E-state index in [0.717, 1.165) is 5.39 Å². The minimum Gasteiger partial charge on any atom is -0.421 e. The van der Waals surface area contributed by atoms with Crippen molar-refractivity contribution in [2.75, 3.05) is 0 Å². The first-order chi connectivity index (χ1) is 9.75. The van der Waals surface area contributed by atoms with Crippen molar-refractivity contribution in [1.82, 2.24) is 4.98 Å². The zero-order valence-corrected chi connectivity index (χ0v) is 11.2. The Morgan fingerprint density at radius 1 is 1.00 bits per heavy atom. The summed E-state index contributed by atoms with van der Waals surface area (Å²) in [7, 11) is 0. The van der Waals surface area contributed by atoms with E-state index >= 15 is 0 Å². The number of hydrogen-bond donors (Lipinski definition) is 0. The first-order valence-corrected chi connectivity index (χ1v) is 6.44. The van der Waals surface area contributed by atoms with Gasteiger partial charge in [-0.25, -0.2) is 4.79 Å². The van der Waals surface area contributed by atoms with Crippen molar-refractivity contribution in [3.63, 3.8) is 0 Å². The van der Waals surface area contributed by atoms with Crippen molar-refractivity contribution < 1.29 is 9.53 Å². The van der Waals surface area contributed by atoms with Gasteiger partial charge in [-0.15, -0.1) is 0 Å². The Balaban J connectivity index is 1.98. The van der Waals surface area contributed by atoms with Crippen molar-refractivity contribution in [1.29, 1.82) is 0 Å². The molecule has 0 aliphatic heterocycles. The minimum absolute atomic E-state index is 0.335. The molecule has 0 fully saturated rings. The molecule has 0 radical (unpaired) electrons. The Bertz CT molecular complexity index is 781. The molecule has 0 saturated carbocycles. The molecule has 0 saturated heterocycles. The lowest BCUT2D eigenvalue weighted by molar-refractivity contribution is 0.0737. The summed E-state index contributed by atoms with van der Waals surface area (Å²) in [6.07, 6.45) is 1.66. The molecule has 3 rings (SSSR count). The molecule has 0 unspecified atom stereocenters. The Morgan fingerprint density at radius 2 is 1.80 bits per heavy atom. The normalized spacial score (nSPS) is 10.4. The monoisotopic (exact) mass is 283 g/mol. The number of nitrogens with zero attached hydrogens (tertiary/aromatic N) is 1. The molecule has 2 aromatic carbocycles. The van der Waals surface area contributed by atoms with E-state index in [2.05, 4.69) is 4.98 Å². The van der Waals surface area contributed by atoms with E-state index < -0.39 is 5.97 Å². The molecule has 4 heteroatoms.